The van der Waals surface area contributed by atoms with Gasteiger partial charge in [-0.15, -0.1) is 0 Å². The summed E-state index contributed by atoms with van der Waals surface area (Å²) < 4.78 is 10.7. The molecule has 28 heavy (non-hydrogen) atoms. The molecule has 2 aromatic rings. The Morgan fingerprint density at radius 1 is 1.25 bits per heavy atom. The van der Waals surface area contributed by atoms with E-state index in [1.807, 2.05) is 18.2 Å². The van der Waals surface area contributed by atoms with Crippen LogP contribution in [-0.2, 0) is 27.2 Å². The number of hydrogen-bond donors (Lipinski definition) is 2. The van der Waals surface area contributed by atoms with Crippen LogP contribution >= 0.6 is 0 Å². The second-order valence-corrected chi connectivity index (χ2v) is 7.20. The number of aryl methyl sites for hydroxylation is 1. The zero-order chi connectivity index (χ0) is 20.1. The molecular weight excluding hydrogens is 360 g/mol. The molecule has 2 N–H and O–H groups in total. The Hall–Kier alpha value is -2.83. The van der Waals surface area contributed by atoms with E-state index in [1.165, 1.54) is 13.2 Å². The van der Waals surface area contributed by atoms with Gasteiger partial charge in [0.05, 0.1) is 12.7 Å². The van der Waals surface area contributed by atoms with Gasteiger partial charge >= 0.3 is 12.0 Å². The van der Waals surface area contributed by atoms with Gasteiger partial charge in [0.15, 0.2) is 6.10 Å². The molecule has 1 fully saturated rings. The van der Waals surface area contributed by atoms with Crippen LogP contribution in [-0.4, -0.2) is 30.1 Å². The number of benzene rings is 1. The van der Waals surface area contributed by atoms with Gasteiger partial charge in [0.2, 0.25) is 0 Å². The van der Waals surface area contributed by atoms with Crippen molar-refractivity contribution in [2.24, 2.45) is 0 Å². The molecule has 1 saturated carbocycles. The number of esters is 1. The summed E-state index contributed by atoms with van der Waals surface area (Å²) in [5.41, 5.74) is 2.57. The predicted molar refractivity (Wildman–Crippen MR) is 104 cm³/mol. The van der Waals surface area contributed by atoms with Crippen molar-refractivity contribution in [2.75, 3.05) is 0 Å². The number of nitrogens with one attached hydrogen (secondary N) is 2. The van der Waals surface area contributed by atoms with Gasteiger partial charge in [-0.05, 0) is 37.8 Å². The van der Waals surface area contributed by atoms with Crippen LogP contribution in [0.25, 0.3) is 11.0 Å². The molecule has 0 bridgehead atoms. The first-order valence-corrected chi connectivity index (χ1v) is 9.76. The number of urea groups is 1. The Morgan fingerprint density at radius 3 is 2.71 bits per heavy atom. The smallest absolute Gasteiger partial charge is 0.321 e. The first-order chi connectivity index (χ1) is 13.5. The lowest BCUT2D eigenvalue weighted by Gasteiger charge is -2.15. The summed E-state index contributed by atoms with van der Waals surface area (Å²) in [6.45, 7) is 3.50. The standard InChI is InChI=1S/C21H26N2O5/c1-3-14-8-9-17-15(12-27-18(17)10-14)11-19(24)28-13(2)20(25)23-21(26)22-16-6-4-5-7-16/h8-10,12-13,16H,3-7,11H2,1-2H3,(H2,22,23,25,26)/t13-/m1/s1. The highest BCUT2D eigenvalue weighted by Crippen LogP contribution is 2.23. The minimum absolute atomic E-state index is 0.00956. The van der Waals surface area contributed by atoms with Gasteiger partial charge in [-0.25, -0.2) is 4.79 Å². The van der Waals surface area contributed by atoms with Crippen LogP contribution < -0.4 is 10.6 Å². The van der Waals surface area contributed by atoms with Crippen LogP contribution in [0.5, 0.6) is 0 Å². The molecule has 150 valence electrons. The molecular formula is C21H26N2O5. The fraction of sp³-hybridized carbons (Fsp3) is 0.476. The zero-order valence-electron chi connectivity index (χ0n) is 16.2. The van der Waals surface area contributed by atoms with Crippen molar-refractivity contribution >= 4 is 28.9 Å². The lowest BCUT2D eigenvalue weighted by Crippen LogP contribution is -2.47. The molecule has 1 heterocycles. The van der Waals surface area contributed by atoms with Crippen molar-refractivity contribution in [3.63, 3.8) is 0 Å². The van der Waals surface area contributed by atoms with Crippen LogP contribution in [0.3, 0.4) is 0 Å². The summed E-state index contributed by atoms with van der Waals surface area (Å²) in [7, 11) is 0. The fourth-order valence-corrected chi connectivity index (χ4v) is 3.44. The van der Waals surface area contributed by atoms with Gasteiger partial charge in [0.1, 0.15) is 5.58 Å². The summed E-state index contributed by atoms with van der Waals surface area (Å²) in [6.07, 6.45) is 5.36. The second kappa shape index (κ2) is 8.91. The maximum atomic E-state index is 12.2. The van der Waals surface area contributed by atoms with E-state index in [0.29, 0.717) is 5.56 Å². The molecule has 0 saturated heterocycles. The van der Waals surface area contributed by atoms with E-state index in [4.69, 9.17) is 9.15 Å². The Kier molecular flexibility index (Phi) is 6.34. The van der Waals surface area contributed by atoms with E-state index >= 15 is 0 Å². The Balaban J connectivity index is 1.51. The lowest BCUT2D eigenvalue weighted by atomic mass is 10.1. The van der Waals surface area contributed by atoms with E-state index in [9.17, 15) is 14.4 Å². The number of amides is 3. The number of imide groups is 1. The van der Waals surface area contributed by atoms with Crippen molar-refractivity contribution < 1.29 is 23.5 Å². The highest BCUT2D eigenvalue weighted by atomic mass is 16.5. The molecule has 0 spiro atoms. The van der Waals surface area contributed by atoms with Crippen molar-refractivity contribution in [2.45, 2.75) is 64.5 Å². The van der Waals surface area contributed by atoms with Crippen molar-refractivity contribution in [3.8, 4) is 0 Å². The van der Waals surface area contributed by atoms with E-state index in [0.717, 1.165) is 48.6 Å². The van der Waals surface area contributed by atoms with Crippen LogP contribution in [0.2, 0.25) is 0 Å². The van der Waals surface area contributed by atoms with Crippen molar-refractivity contribution in [1.29, 1.82) is 0 Å². The van der Waals surface area contributed by atoms with E-state index < -0.39 is 24.0 Å². The van der Waals surface area contributed by atoms with E-state index in [1.54, 1.807) is 0 Å². The quantitative estimate of drug-likeness (QED) is 0.743. The monoisotopic (exact) mass is 386 g/mol. The lowest BCUT2D eigenvalue weighted by molar-refractivity contribution is -0.153. The van der Waals surface area contributed by atoms with Crippen LogP contribution in [0.15, 0.2) is 28.9 Å². The van der Waals surface area contributed by atoms with E-state index in [2.05, 4.69) is 17.6 Å². The first kappa shape index (κ1) is 19.9. The van der Waals surface area contributed by atoms with Crippen molar-refractivity contribution in [1.82, 2.24) is 10.6 Å². The molecule has 1 aromatic carbocycles. The zero-order valence-corrected chi connectivity index (χ0v) is 16.2. The summed E-state index contributed by atoms with van der Waals surface area (Å²) in [6, 6.07) is 5.42. The van der Waals surface area contributed by atoms with E-state index in [-0.39, 0.29) is 12.5 Å². The maximum Gasteiger partial charge on any atom is 0.321 e. The van der Waals surface area contributed by atoms with Crippen molar-refractivity contribution in [3.05, 3.63) is 35.6 Å². The number of ether oxygens (including phenoxy) is 1. The Morgan fingerprint density at radius 2 is 2.00 bits per heavy atom. The largest absolute Gasteiger partial charge is 0.464 e. The number of carbonyl (C=O) groups excluding carboxylic acids is 3. The molecule has 1 aliphatic rings. The highest BCUT2D eigenvalue weighted by Gasteiger charge is 2.23. The van der Waals surface area contributed by atoms with Gasteiger partial charge in [0, 0.05) is 17.0 Å². The number of carbonyl (C=O) groups is 3. The summed E-state index contributed by atoms with van der Waals surface area (Å²) in [4.78, 5) is 36.2. The molecule has 7 heteroatoms. The third kappa shape index (κ3) is 4.91. The number of furan rings is 1. The maximum absolute atomic E-state index is 12.2. The third-order valence-electron chi connectivity index (χ3n) is 5.07. The average molecular weight is 386 g/mol. The summed E-state index contributed by atoms with van der Waals surface area (Å²) >= 11 is 0. The van der Waals surface area contributed by atoms with Gasteiger partial charge in [-0.2, -0.15) is 0 Å². The molecule has 0 radical (unpaired) electrons. The number of fused-ring (bicyclic) bond motifs is 1. The average Bonchev–Trinajstić information content (AvgIpc) is 3.31. The highest BCUT2D eigenvalue weighted by molar-refractivity contribution is 5.97. The SMILES string of the molecule is CCc1ccc2c(CC(=O)O[C@H](C)C(=O)NC(=O)NC3CCCC3)coc2c1. The minimum Gasteiger partial charge on any atom is -0.464 e. The van der Waals surface area contributed by atoms with Crippen LogP contribution in [0.1, 0.15) is 50.7 Å². The number of rotatable bonds is 6. The first-order valence-electron chi connectivity index (χ1n) is 9.76. The third-order valence-corrected chi connectivity index (χ3v) is 5.07. The summed E-state index contributed by atoms with van der Waals surface area (Å²) in [5, 5.41) is 5.84. The molecule has 3 amide bonds. The summed E-state index contributed by atoms with van der Waals surface area (Å²) in [5.74, 6) is -1.20. The Bertz CT molecular complexity index is 867. The second-order valence-electron chi connectivity index (χ2n) is 7.20. The van der Waals surface area contributed by atoms with Gasteiger partial charge in [-0.3, -0.25) is 14.9 Å². The van der Waals surface area contributed by atoms with Gasteiger partial charge < -0.3 is 14.5 Å². The van der Waals surface area contributed by atoms with Gasteiger partial charge in [0.25, 0.3) is 5.91 Å². The molecule has 1 atom stereocenters. The normalized spacial score (nSPS) is 15.4. The number of hydrogen-bond acceptors (Lipinski definition) is 5. The molecule has 7 nitrogen and oxygen atoms in total. The molecule has 1 aromatic heterocycles. The molecule has 0 unspecified atom stereocenters. The molecule has 3 rings (SSSR count). The fourth-order valence-electron chi connectivity index (χ4n) is 3.44. The van der Waals surface area contributed by atoms with Gasteiger partial charge in [-0.1, -0.05) is 31.9 Å². The Labute approximate surface area is 163 Å². The topological polar surface area (TPSA) is 97.6 Å². The predicted octanol–water partition coefficient (Wildman–Crippen LogP) is 3.24. The molecule has 0 aliphatic heterocycles. The van der Waals surface area contributed by atoms with Crippen LogP contribution in [0, 0.1) is 0 Å². The minimum atomic E-state index is -1.06. The molecule has 1 aliphatic carbocycles. The van der Waals surface area contributed by atoms with Crippen LogP contribution in [0.4, 0.5) is 4.79 Å².